The van der Waals surface area contributed by atoms with E-state index in [0.29, 0.717) is 62.8 Å². The molecule has 2 heterocycles. The minimum absolute atomic E-state index is 0.204. The number of hydrogen-bond donors (Lipinski definition) is 0. The molecule has 32 heavy (non-hydrogen) atoms. The first-order valence-electron chi connectivity index (χ1n) is 10.2. The molecule has 0 aliphatic rings. The third kappa shape index (κ3) is 3.55. The number of pyridine rings is 1. The topological polar surface area (TPSA) is 81.0 Å². The Morgan fingerprint density at radius 1 is 1.12 bits per heavy atom. The zero-order valence-corrected chi connectivity index (χ0v) is 19.1. The quantitative estimate of drug-likeness (QED) is 0.411. The summed E-state index contributed by atoms with van der Waals surface area (Å²) in [7, 11) is 1.58. The Morgan fingerprint density at radius 2 is 1.84 bits per heavy atom. The van der Waals surface area contributed by atoms with Crippen LogP contribution in [0.2, 0.25) is 5.02 Å². The van der Waals surface area contributed by atoms with Crippen LogP contribution in [0.3, 0.4) is 0 Å². The molecule has 0 saturated carbocycles. The highest BCUT2D eigenvalue weighted by Gasteiger charge is 2.24. The number of nitrogens with zero attached hydrogens (tertiary/aromatic N) is 3. The molecule has 2 aromatic carbocycles. The normalized spacial score (nSPS) is 11.0. The van der Waals surface area contributed by atoms with E-state index in [1.807, 2.05) is 50.2 Å². The van der Waals surface area contributed by atoms with Gasteiger partial charge in [0.2, 0.25) is 0 Å². The summed E-state index contributed by atoms with van der Waals surface area (Å²) in [6.07, 6.45) is 0.621. The molecule has 0 saturated heterocycles. The lowest BCUT2D eigenvalue weighted by Gasteiger charge is -2.19. The maximum absolute atomic E-state index is 13.4. The number of benzene rings is 2. The third-order valence-corrected chi connectivity index (χ3v) is 6.02. The molecule has 0 fully saturated rings. The Morgan fingerprint density at radius 3 is 2.44 bits per heavy atom. The lowest BCUT2D eigenvalue weighted by atomic mass is 9.95. The highest BCUT2D eigenvalue weighted by molar-refractivity contribution is 6.30. The van der Waals surface area contributed by atoms with E-state index in [0.717, 1.165) is 11.1 Å². The molecule has 0 aliphatic heterocycles. The van der Waals surface area contributed by atoms with Crippen LogP contribution >= 0.6 is 11.6 Å². The number of ether oxygens (including phenoxy) is 1. The Kier molecular flexibility index (Phi) is 5.77. The van der Waals surface area contributed by atoms with Crippen LogP contribution in [-0.4, -0.2) is 16.8 Å². The molecule has 0 N–H and O–H groups in total. The third-order valence-electron chi connectivity index (χ3n) is 5.77. The smallest absolute Gasteiger partial charge is 0.255 e. The van der Waals surface area contributed by atoms with Gasteiger partial charge in [-0.3, -0.25) is 4.79 Å². The first-order valence-corrected chi connectivity index (χ1v) is 10.6. The molecule has 7 heteroatoms. The second kappa shape index (κ2) is 8.52. The van der Waals surface area contributed by atoms with Crippen LogP contribution in [0.5, 0.6) is 5.75 Å². The van der Waals surface area contributed by atoms with Crippen LogP contribution in [-0.2, 0) is 13.0 Å². The number of fused-ring (bicyclic) bond motifs is 1. The molecular formula is C25H22ClN3O3. The molecule has 162 valence electrons. The maximum atomic E-state index is 13.4. The summed E-state index contributed by atoms with van der Waals surface area (Å²) in [5.41, 5.74) is 4.42. The number of halogens is 1. The van der Waals surface area contributed by atoms with E-state index in [2.05, 4.69) is 11.2 Å². The van der Waals surface area contributed by atoms with Crippen molar-refractivity contribution in [2.24, 2.45) is 0 Å². The summed E-state index contributed by atoms with van der Waals surface area (Å²) in [6, 6.07) is 13.4. The molecular weight excluding hydrogens is 426 g/mol. The van der Waals surface area contributed by atoms with Gasteiger partial charge >= 0.3 is 0 Å². The standard InChI is InChI=1S/C25H22ClN3O3/c1-14-20(13-27)19-9-10-21(31-4)23(22-15(2)28-32-16(22)3)24(19)29(25(14)30)12-11-17-5-7-18(26)8-6-17/h5-10H,11-12H2,1-4H3. The average Bonchev–Trinajstić information content (AvgIpc) is 3.12. The maximum Gasteiger partial charge on any atom is 0.255 e. The van der Waals surface area contributed by atoms with Crippen molar-refractivity contribution >= 4 is 22.5 Å². The van der Waals surface area contributed by atoms with Crippen LogP contribution in [0, 0.1) is 32.1 Å². The van der Waals surface area contributed by atoms with Crippen molar-refractivity contribution in [2.45, 2.75) is 33.7 Å². The highest BCUT2D eigenvalue weighted by Crippen LogP contribution is 2.41. The largest absolute Gasteiger partial charge is 0.496 e. The lowest BCUT2D eigenvalue weighted by Crippen LogP contribution is -2.25. The van der Waals surface area contributed by atoms with Crippen LogP contribution in [0.4, 0.5) is 0 Å². The van der Waals surface area contributed by atoms with E-state index in [9.17, 15) is 10.1 Å². The molecule has 0 atom stereocenters. The van der Waals surface area contributed by atoms with Gasteiger partial charge in [0.05, 0.1) is 35.0 Å². The van der Waals surface area contributed by atoms with E-state index in [-0.39, 0.29) is 5.56 Å². The molecule has 0 spiro atoms. The molecule has 4 aromatic rings. The summed E-state index contributed by atoms with van der Waals surface area (Å²) < 4.78 is 12.8. The molecule has 0 bridgehead atoms. The van der Waals surface area contributed by atoms with Crippen molar-refractivity contribution in [3.05, 3.63) is 79.9 Å². The van der Waals surface area contributed by atoms with Gasteiger partial charge in [-0.15, -0.1) is 0 Å². The summed E-state index contributed by atoms with van der Waals surface area (Å²) in [5.74, 6) is 1.20. The van der Waals surface area contributed by atoms with Gasteiger partial charge in [0, 0.05) is 22.5 Å². The Labute approximate surface area is 190 Å². The van der Waals surface area contributed by atoms with Crippen molar-refractivity contribution < 1.29 is 9.26 Å². The zero-order chi connectivity index (χ0) is 23.0. The van der Waals surface area contributed by atoms with Gasteiger partial charge in [-0.2, -0.15) is 5.26 Å². The molecule has 0 unspecified atom stereocenters. The van der Waals surface area contributed by atoms with E-state index >= 15 is 0 Å². The van der Waals surface area contributed by atoms with Gasteiger partial charge in [0.25, 0.3) is 5.56 Å². The lowest BCUT2D eigenvalue weighted by molar-refractivity contribution is 0.393. The van der Waals surface area contributed by atoms with E-state index < -0.39 is 0 Å². The van der Waals surface area contributed by atoms with Crippen LogP contribution in [0.1, 0.15) is 28.1 Å². The van der Waals surface area contributed by atoms with Crippen molar-refractivity contribution in [1.29, 1.82) is 5.26 Å². The first-order chi connectivity index (χ1) is 15.4. The minimum Gasteiger partial charge on any atom is -0.496 e. The number of aryl methyl sites for hydroxylation is 4. The van der Waals surface area contributed by atoms with Gasteiger partial charge in [-0.05, 0) is 57.0 Å². The second-order valence-electron chi connectivity index (χ2n) is 7.68. The number of rotatable bonds is 5. The van der Waals surface area contributed by atoms with Crippen molar-refractivity contribution in [3.63, 3.8) is 0 Å². The summed E-state index contributed by atoms with van der Waals surface area (Å²) in [6.45, 7) is 5.79. The molecule has 4 rings (SSSR count). The molecule has 6 nitrogen and oxygen atoms in total. The fraction of sp³-hybridized carbons (Fsp3) is 0.240. The summed E-state index contributed by atoms with van der Waals surface area (Å²) in [5, 5.41) is 15.3. The number of methoxy groups -OCH3 is 1. The summed E-state index contributed by atoms with van der Waals surface area (Å²) in [4.78, 5) is 13.4. The Balaban J connectivity index is 2.06. The fourth-order valence-electron chi connectivity index (χ4n) is 4.17. The van der Waals surface area contributed by atoms with Crippen LogP contribution in [0.25, 0.3) is 22.0 Å². The Hall–Kier alpha value is -3.56. The van der Waals surface area contributed by atoms with Crippen molar-refractivity contribution in [1.82, 2.24) is 9.72 Å². The first kappa shape index (κ1) is 21.7. The fourth-order valence-corrected chi connectivity index (χ4v) is 4.29. The van der Waals surface area contributed by atoms with E-state index in [4.69, 9.17) is 20.9 Å². The predicted molar refractivity (Wildman–Crippen MR) is 124 cm³/mol. The van der Waals surface area contributed by atoms with Gasteiger partial charge < -0.3 is 13.8 Å². The second-order valence-corrected chi connectivity index (χ2v) is 8.12. The van der Waals surface area contributed by atoms with E-state index in [1.54, 1.807) is 18.6 Å². The number of nitriles is 1. The highest BCUT2D eigenvalue weighted by atomic mass is 35.5. The molecule has 0 radical (unpaired) electrons. The van der Waals surface area contributed by atoms with Crippen molar-refractivity contribution in [2.75, 3.05) is 7.11 Å². The van der Waals surface area contributed by atoms with Gasteiger partial charge in [0.15, 0.2) is 0 Å². The van der Waals surface area contributed by atoms with Gasteiger partial charge in [-0.25, -0.2) is 0 Å². The minimum atomic E-state index is -0.204. The Bertz CT molecular complexity index is 1410. The zero-order valence-electron chi connectivity index (χ0n) is 18.3. The molecule has 0 amide bonds. The predicted octanol–water partition coefficient (Wildman–Crippen LogP) is 5.36. The van der Waals surface area contributed by atoms with E-state index in [1.165, 1.54) is 0 Å². The molecule has 0 aliphatic carbocycles. The number of aromatic nitrogens is 2. The van der Waals surface area contributed by atoms with Crippen LogP contribution < -0.4 is 10.3 Å². The SMILES string of the molecule is COc1ccc2c(C#N)c(C)c(=O)n(CCc3ccc(Cl)cc3)c2c1-c1c(C)noc1C. The van der Waals surface area contributed by atoms with Gasteiger partial charge in [-0.1, -0.05) is 28.9 Å². The van der Waals surface area contributed by atoms with Crippen molar-refractivity contribution in [3.8, 4) is 22.9 Å². The monoisotopic (exact) mass is 447 g/mol. The van der Waals surface area contributed by atoms with Crippen LogP contribution in [0.15, 0.2) is 45.7 Å². The average molecular weight is 448 g/mol. The molecule has 2 aromatic heterocycles. The summed E-state index contributed by atoms with van der Waals surface area (Å²) >= 11 is 6.01. The van der Waals surface area contributed by atoms with Gasteiger partial charge in [0.1, 0.15) is 17.6 Å². The number of hydrogen-bond acceptors (Lipinski definition) is 5.